The quantitative estimate of drug-likeness (QED) is 0.475. The highest BCUT2D eigenvalue weighted by Gasteiger charge is 2.16. The highest BCUT2D eigenvalue weighted by Crippen LogP contribution is 2.12. The molecule has 0 rings (SSSR count). The third kappa shape index (κ3) is 10.6. The van der Waals surface area contributed by atoms with Gasteiger partial charge in [-0.25, -0.2) is 0 Å². The molecule has 0 aromatic carbocycles. The predicted octanol–water partition coefficient (Wildman–Crippen LogP) is 2.49. The summed E-state index contributed by atoms with van der Waals surface area (Å²) in [6.07, 6.45) is 5.10. The summed E-state index contributed by atoms with van der Waals surface area (Å²) in [7, 11) is 0. The third-order valence-corrected chi connectivity index (χ3v) is 3.04. The van der Waals surface area contributed by atoms with Gasteiger partial charge in [0.2, 0.25) is 0 Å². The van der Waals surface area contributed by atoms with Crippen LogP contribution >= 0.6 is 0 Å². The van der Waals surface area contributed by atoms with Gasteiger partial charge in [0.1, 0.15) is 6.04 Å². The number of esters is 1. The van der Waals surface area contributed by atoms with Crippen LogP contribution < -0.4 is 5.73 Å². The molecule has 2 atom stereocenters. The Kier molecular flexibility index (Phi) is 9.72. The molecule has 0 unspecified atom stereocenters. The maximum Gasteiger partial charge on any atom is 0.322 e. The number of hydrogen-bond donors (Lipinski definition) is 2. The molecule has 0 fully saturated rings. The molecule has 0 aliphatic carbocycles. The molecule has 0 aromatic rings. The molecule has 20 heavy (non-hydrogen) atoms. The summed E-state index contributed by atoms with van der Waals surface area (Å²) in [6, 6.07) is -0.841. The molecule has 0 bridgehead atoms. The van der Waals surface area contributed by atoms with Gasteiger partial charge in [0, 0.05) is 6.42 Å². The second kappa shape index (κ2) is 10.4. The van der Waals surface area contributed by atoms with Crippen molar-refractivity contribution in [3.05, 3.63) is 11.6 Å². The SMILES string of the molecule is CC(C)=CCC[C@@H](C)CCOC(=O)[C@@H](N)CCC(=O)O. The van der Waals surface area contributed by atoms with Crippen LogP contribution in [0, 0.1) is 5.92 Å². The van der Waals surface area contributed by atoms with Crippen molar-refractivity contribution in [2.75, 3.05) is 6.61 Å². The summed E-state index contributed by atoms with van der Waals surface area (Å²) in [5.74, 6) is -0.988. The van der Waals surface area contributed by atoms with E-state index in [1.807, 2.05) is 0 Å². The summed E-state index contributed by atoms with van der Waals surface area (Å²) >= 11 is 0. The Bertz CT molecular complexity index is 335. The number of carboxylic acids is 1. The van der Waals surface area contributed by atoms with Gasteiger partial charge in [0.25, 0.3) is 0 Å². The molecule has 3 N–H and O–H groups in total. The average molecular weight is 285 g/mol. The van der Waals surface area contributed by atoms with Crippen molar-refractivity contribution in [1.29, 1.82) is 0 Å². The van der Waals surface area contributed by atoms with Gasteiger partial charge in [0.15, 0.2) is 0 Å². The minimum absolute atomic E-state index is 0.115. The van der Waals surface area contributed by atoms with Crippen LogP contribution in [0.15, 0.2) is 11.6 Å². The van der Waals surface area contributed by atoms with Gasteiger partial charge in [-0.2, -0.15) is 0 Å². The van der Waals surface area contributed by atoms with E-state index in [0.29, 0.717) is 12.5 Å². The van der Waals surface area contributed by atoms with E-state index in [4.69, 9.17) is 15.6 Å². The Morgan fingerprint density at radius 1 is 1.25 bits per heavy atom. The Morgan fingerprint density at radius 2 is 1.90 bits per heavy atom. The molecule has 0 aliphatic rings. The minimum Gasteiger partial charge on any atom is -0.481 e. The van der Waals surface area contributed by atoms with Gasteiger partial charge >= 0.3 is 11.9 Å². The molecule has 5 heteroatoms. The number of aliphatic carboxylic acids is 1. The second-order valence-corrected chi connectivity index (χ2v) is 5.46. The van der Waals surface area contributed by atoms with Crippen molar-refractivity contribution < 1.29 is 19.4 Å². The van der Waals surface area contributed by atoms with Crippen molar-refractivity contribution in [3.8, 4) is 0 Å². The fourth-order valence-electron chi connectivity index (χ4n) is 1.67. The molecular weight excluding hydrogens is 258 g/mol. The van der Waals surface area contributed by atoms with Crippen LogP contribution in [0.3, 0.4) is 0 Å². The summed E-state index contributed by atoms with van der Waals surface area (Å²) in [6.45, 7) is 6.61. The first-order valence-electron chi connectivity index (χ1n) is 7.10. The molecule has 0 amide bonds. The van der Waals surface area contributed by atoms with Crippen molar-refractivity contribution in [2.45, 2.75) is 58.9 Å². The first kappa shape index (κ1) is 18.6. The number of nitrogens with two attached hydrogens (primary N) is 1. The molecule has 5 nitrogen and oxygen atoms in total. The molecule has 116 valence electrons. The zero-order valence-electron chi connectivity index (χ0n) is 12.7. The van der Waals surface area contributed by atoms with Crippen LogP contribution in [0.1, 0.15) is 52.9 Å². The summed E-state index contributed by atoms with van der Waals surface area (Å²) in [5.41, 5.74) is 6.86. The van der Waals surface area contributed by atoms with E-state index in [0.717, 1.165) is 19.3 Å². The van der Waals surface area contributed by atoms with E-state index in [1.165, 1.54) is 5.57 Å². The van der Waals surface area contributed by atoms with Crippen LogP contribution in [-0.4, -0.2) is 29.7 Å². The molecule has 0 aliphatic heterocycles. The molecular formula is C15H27NO4. The first-order chi connectivity index (χ1) is 9.32. The Hall–Kier alpha value is -1.36. The first-order valence-corrected chi connectivity index (χ1v) is 7.10. The highest BCUT2D eigenvalue weighted by molar-refractivity contribution is 5.76. The Morgan fingerprint density at radius 3 is 2.45 bits per heavy atom. The van der Waals surface area contributed by atoms with Crippen LogP contribution in [-0.2, 0) is 14.3 Å². The summed E-state index contributed by atoms with van der Waals surface area (Å²) < 4.78 is 5.06. The standard InChI is InChI=1S/C15H27NO4/c1-11(2)5-4-6-12(3)9-10-20-15(19)13(16)7-8-14(17)18/h5,12-13H,4,6-10,16H2,1-3H3,(H,17,18)/t12-,13+/m1/s1. The monoisotopic (exact) mass is 285 g/mol. The minimum atomic E-state index is -0.957. The zero-order chi connectivity index (χ0) is 15.5. The number of carboxylic acid groups (broad SMARTS) is 1. The van der Waals surface area contributed by atoms with Crippen molar-refractivity contribution >= 4 is 11.9 Å². The lowest BCUT2D eigenvalue weighted by Gasteiger charge is -2.13. The Labute approximate surface area is 121 Å². The molecule has 0 heterocycles. The van der Waals surface area contributed by atoms with Crippen molar-refractivity contribution in [3.63, 3.8) is 0 Å². The molecule has 0 aromatic heterocycles. The molecule has 0 saturated heterocycles. The summed E-state index contributed by atoms with van der Waals surface area (Å²) in [5, 5.41) is 8.50. The van der Waals surface area contributed by atoms with E-state index in [-0.39, 0.29) is 12.8 Å². The number of allylic oxidation sites excluding steroid dienone is 2. The van der Waals surface area contributed by atoms with Gasteiger partial charge in [-0.15, -0.1) is 0 Å². The smallest absolute Gasteiger partial charge is 0.322 e. The molecule has 0 radical (unpaired) electrons. The van der Waals surface area contributed by atoms with Crippen LogP contribution in [0.5, 0.6) is 0 Å². The van der Waals surface area contributed by atoms with E-state index in [2.05, 4.69) is 26.8 Å². The lowest BCUT2D eigenvalue weighted by molar-refractivity contribution is -0.146. The van der Waals surface area contributed by atoms with Gasteiger partial charge in [-0.3, -0.25) is 9.59 Å². The fraction of sp³-hybridized carbons (Fsp3) is 0.733. The second-order valence-electron chi connectivity index (χ2n) is 5.46. The highest BCUT2D eigenvalue weighted by atomic mass is 16.5. The lowest BCUT2D eigenvalue weighted by atomic mass is 10.0. The topological polar surface area (TPSA) is 89.6 Å². The summed E-state index contributed by atoms with van der Waals surface area (Å²) in [4.78, 5) is 21.9. The van der Waals surface area contributed by atoms with Crippen molar-refractivity contribution in [1.82, 2.24) is 0 Å². The van der Waals surface area contributed by atoms with E-state index >= 15 is 0 Å². The fourth-order valence-corrected chi connectivity index (χ4v) is 1.67. The zero-order valence-corrected chi connectivity index (χ0v) is 12.7. The van der Waals surface area contributed by atoms with Gasteiger partial charge < -0.3 is 15.6 Å². The average Bonchev–Trinajstić information content (AvgIpc) is 2.35. The van der Waals surface area contributed by atoms with E-state index in [1.54, 1.807) is 0 Å². The number of rotatable bonds is 10. The van der Waals surface area contributed by atoms with E-state index < -0.39 is 18.0 Å². The number of ether oxygens (including phenoxy) is 1. The van der Waals surface area contributed by atoms with Gasteiger partial charge in [0.05, 0.1) is 6.61 Å². The number of hydrogen-bond acceptors (Lipinski definition) is 4. The van der Waals surface area contributed by atoms with Gasteiger partial charge in [-0.05, 0) is 45.4 Å². The Balaban J connectivity index is 3.74. The number of carbonyl (C=O) groups is 2. The lowest BCUT2D eigenvalue weighted by Crippen LogP contribution is -2.33. The normalized spacial score (nSPS) is 13.4. The van der Waals surface area contributed by atoms with Crippen LogP contribution in [0.2, 0.25) is 0 Å². The van der Waals surface area contributed by atoms with Crippen LogP contribution in [0.25, 0.3) is 0 Å². The van der Waals surface area contributed by atoms with E-state index in [9.17, 15) is 9.59 Å². The van der Waals surface area contributed by atoms with Crippen molar-refractivity contribution in [2.24, 2.45) is 11.7 Å². The third-order valence-electron chi connectivity index (χ3n) is 3.04. The predicted molar refractivity (Wildman–Crippen MR) is 78.3 cm³/mol. The van der Waals surface area contributed by atoms with Crippen LogP contribution in [0.4, 0.5) is 0 Å². The maximum atomic E-state index is 11.5. The molecule has 0 spiro atoms. The molecule has 0 saturated carbocycles. The largest absolute Gasteiger partial charge is 0.481 e. The van der Waals surface area contributed by atoms with Gasteiger partial charge in [-0.1, -0.05) is 18.6 Å². The number of carbonyl (C=O) groups excluding carboxylic acids is 1. The maximum absolute atomic E-state index is 11.5.